The van der Waals surface area contributed by atoms with Gasteiger partial charge in [0.2, 0.25) is 0 Å². The van der Waals surface area contributed by atoms with Gasteiger partial charge in [0, 0.05) is 5.92 Å². The molecule has 16 heavy (non-hydrogen) atoms. The van der Waals surface area contributed by atoms with Gasteiger partial charge in [-0.05, 0) is 44.4 Å². The lowest BCUT2D eigenvalue weighted by Gasteiger charge is -2.27. The minimum Gasteiger partial charge on any atom is -0.390 e. The summed E-state index contributed by atoms with van der Waals surface area (Å²) in [7, 11) is 0. The fourth-order valence-electron chi connectivity index (χ4n) is 3.27. The van der Waals surface area contributed by atoms with Crippen LogP contribution in [0.1, 0.15) is 46.5 Å². The number of hydrogen-bond acceptors (Lipinski definition) is 1. The van der Waals surface area contributed by atoms with E-state index in [-0.39, 0.29) is 0 Å². The van der Waals surface area contributed by atoms with Crippen molar-refractivity contribution in [2.75, 3.05) is 0 Å². The van der Waals surface area contributed by atoms with Crippen LogP contribution in [0.15, 0.2) is 23.8 Å². The first-order valence-corrected chi connectivity index (χ1v) is 6.52. The number of fused-ring (bicyclic) bond motifs is 1. The van der Waals surface area contributed by atoms with Gasteiger partial charge in [0.15, 0.2) is 0 Å². The van der Waals surface area contributed by atoms with Crippen molar-refractivity contribution in [2.45, 2.75) is 52.1 Å². The topological polar surface area (TPSA) is 20.2 Å². The van der Waals surface area contributed by atoms with Crippen molar-refractivity contribution in [1.29, 1.82) is 0 Å². The van der Waals surface area contributed by atoms with Crippen LogP contribution < -0.4 is 0 Å². The van der Waals surface area contributed by atoms with Gasteiger partial charge in [-0.25, -0.2) is 0 Å². The summed E-state index contributed by atoms with van der Waals surface area (Å²) < 4.78 is 0. The fraction of sp³-hybridized carbons (Fsp3) is 0.733. The minimum atomic E-state index is -0.516. The molecule has 1 N–H and O–H groups in total. The van der Waals surface area contributed by atoms with E-state index >= 15 is 0 Å². The molecule has 1 unspecified atom stereocenters. The molecule has 3 atom stereocenters. The zero-order chi connectivity index (χ0) is 11.9. The molecule has 0 aromatic heterocycles. The molecule has 0 aliphatic heterocycles. The third-order valence-electron chi connectivity index (χ3n) is 4.51. The Morgan fingerprint density at radius 3 is 2.75 bits per heavy atom. The molecule has 0 aromatic carbocycles. The highest BCUT2D eigenvalue weighted by molar-refractivity contribution is 5.24. The lowest BCUT2D eigenvalue weighted by molar-refractivity contribution is 0.0330. The second-order valence-electron chi connectivity index (χ2n) is 6.08. The molecule has 1 nitrogen and oxygen atoms in total. The van der Waals surface area contributed by atoms with Gasteiger partial charge in [0.05, 0.1) is 5.60 Å². The SMILES string of the molecule is C=C1CCC(C(C)C)=C[C@H]2[C@H]1CCC2(C)O. The first-order chi connectivity index (χ1) is 7.42. The van der Waals surface area contributed by atoms with Gasteiger partial charge in [-0.2, -0.15) is 0 Å². The fourth-order valence-corrected chi connectivity index (χ4v) is 3.27. The lowest BCUT2D eigenvalue weighted by Crippen LogP contribution is -2.30. The number of hydrogen-bond donors (Lipinski definition) is 1. The molecule has 0 spiro atoms. The summed E-state index contributed by atoms with van der Waals surface area (Å²) >= 11 is 0. The molecule has 0 amide bonds. The Balaban J connectivity index is 2.33. The average molecular weight is 220 g/mol. The molecule has 0 bridgehead atoms. The summed E-state index contributed by atoms with van der Waals surface area (Å²) in [5.41, 5.74) is 2.35. The Labute approximate surface area is 99.3 Å². The van der Waals surface area contributed by atoms with Crippen LogP contribution in [0.2, 0.25) is 0 Å². The molecule has 2 rings (SSSR count). The minimum absolute atomic E-state index is 0.305. The van der Waals surface area contributed by atoms with Crippen molar-refractivity contribution >= 4 is 0 Å². The van der Waals surface area contributed by atoms with E-state index in [2.05, 4.69) is 26.5 Å². The number of rotatable bonds is 1. The summed E-state index contributed by atoms with van der Waals surface area (Å²) in [6, 6.07) is 0. The van der Waals surface area contributed by atoms with Crippen molar-refractivity contribution in [3.05, 3.63) is 23.8 Å². The average Bonchev–Trinajstić information content (AvgIpc) is 2.38. The van der Waals surface area contributed by atoms with Crippen LogP contribution in [0.4, 0.5) is 0 Å². The van der Waals surface area contributed by atoms with E-state index in [1.165, 1.54) is 11.1 Å². The monoisotopic (exact) mass is 220 g/mol. The third kappa shape index (κ3) is 1.98. The van der Waals surface area contributed by atoms with E-state index in [0.29, 0.717) is 17.8 Å². The van der Waals surface area contributed by atoms with E-state index in [4.69, 9.17) is 0 Å². The zero-order valence-corrected chi connectivity index (χ0v) is 10.8. The predicted octanol–water partition coefficient (Wildman–Crippen LogP) is 3.70. The quantitative estimate of drug-likeness (QED) is 0.668. The van der Waals surface area contributed by atoms with Crippen LogP contribution in [0, 0.1) is 17.8 Å². The second kappa shape index (κ2) is 4.03. The highest BCUT2D eigenvalue weighted by Gasteiger charge is 2.44. The van der Waals surface area contributed by atoms with Crippen LogP contribution in [-0.4, -0.2) is 10.7 Å². The van der Waals surface area contributed by atoms with Crippen molar-refractivity contribution in [3.63, 3.8) is 0 Å². The Morgan fingerprint density at radius 1 is 1.44 bits per heavy atom. The highest BCUT2D eigenvalue weighted by Crippen LogP contribution is 2.48. The van der Waals surface area contributed by atoms with E-state index in [0.717, 1.165) is 25.7 Å². The van der Waals surface area contributed by atoms with Crippen LogP contribution in [0.3, 0.4) is 0 Å². The number of allylic oxidation sites excluding steroid dienone is 2. The molecule has 90 valence electrons. The van der Waals surface area contributed by atoms with Gasteiger partial charge in [-0.15, -0.1) is 0 Å². The smallest absolute Gasteiger partial charge is 0.0688 e. The first-order valence-electron chi connectivity index (χ1n) is 6.52. The molecular weight excluding hydrogens is 196 g/mol. The van der Waals surface area contributed by atoms with Crippen molar-refractivity contribution in [3.8, 4) is 0 Å². The lowest BCUT2D eigenvalue weighted by atomic mass is 9.83. The maximum atomic E-state index is 10.4. The van der Waals surface area contributed by atoms with Gasteiger partial charge >= 0.3 is 0 Å². The van der Waals surface area contributed by atoms with E-state index in [1.54, 1.807) is 0 Å². The van der Waals surface area contributed by atoms with Gasteiger partial charge in [-0.3, -0.25) is 0 Å². The summed E-state index contributed by atoms with van der Waals surface area (Å²) in [6.07, 6.45) is 6.64. The molecule has 0 heterocycles. The molecule has 0 saturated heterocycles. The zero-order valence-electron chi connectivity index (χ0n) is 10.8. The highest BCUT2D eigenvalue weighted by atomic mass is 16.3. The third-order valence-corrected chi connectivity index (χ3v) is 4.51. The molecule has 0 aromatic rings. The Bertz CT molecular complexity index is 322. The van der Waals surface area contributed by atoms with Crippen LogP contribution in [0.25, 0.3) is 0 Å². The molecular formula is C15H24O. The van der Waals surface area contributed by atoms with Gasteiger partial charge in [0.25, 0.3) is 0 Å². The summed E-state index contributed by atoms with van der Waals surface area (Å²) in [4.78, 5) is 0. The van der Waals surface area contributed by atoms with Crippen molar-refractivity contribution in [1.82, 2.24) is 0 Å². The molecule has 2 aliphatic rings. The first kappa shape index (κ1) is 11.9. The van der Waals surface area contributed by atoms with Crippen molar-refractivity contribution < 1.29 is 5.11 Å². The maximum absolute atomic E-state index is 10.4. The van der Waals surface area contributed by atoms with Crippen LogP contribution in [0.5, 0.6) is 0 Å². The van der Waals surface area contributed by atoms with Crippen LogP contribution in [-0.2, 0) is 0 Å². The number of aliphatic hydroxyl groups is 1. The summed E-state index contributed by atoms with van der Waals surface area (Å²) in [6.45, 7) is 10.7. The normalized spacial score (nSPS) is 39.6. The molecule has 1 heteroatoms. The van der Waals surface area contributed by atoms with Gasteiger partial charge < -0.3 is 5.11 Å². The molecule has 1 fully saturated rings. The predicted molar refractivity (Wildman–Crippen MR) is 68.1 cm³/mol. The van der Waals surface area contributed by atoms with E-state index in [1.807, 2.05) is 6.92 Å². The second-order valence-corrected chi connectivity index (χ2v) is 6.08. The van der Waals surface area contributed by atoms with Crippen molar-refractivity contribution in [2.24, 2.45) is 17.8 Å². The van der Waals surface area contributed by atoms with E-state index in [9.17, 15) is 5.11 Å². The summed E-state index contributed by atoms with van der Waals surface area (Å²) in [5, 5.41) is 10.4. The molecule has 1 saturated carbocycles. The van der Waals surface area contributed by atoms with Gasteiger partial charge in [0.1, 0.15) is 0 Å². The van der Waals surface area contributed by atoms with E-state index < -0.39 is 5.60 Å². The Kier molecular flexibility index (Phi) is 3.00. The molecule has 0 radical (unpaired) electrons. The molecule has 2 aliphatic carbocycles. The summed E-state index contributed by atoms with van der Waals surface area (Å²) in [5.74, 6) is 1.43. The van der Waals surface area contributed by atoms with Crippen LogP contribution >= 0.6 is 0 Å². The van der Waals surface area contributed by atoms with Gasteiger partial charge in [-0.1, -0.05) is 37.6 Å². The Hall–Kier alpha value is -0.560. The standard InChI is InChI=1S/C15H24O/c1-10(2)12-6-5-11(3)13-7-8-15(4,16)14(13)9-12/h9-10,13-14,16H,3,5-8H2,1-2,4H3/t13-,14-,15?/m0/s1. The Morgan fingerprint density at radius 2 is 2.12 bits per heavy atom. The largest absolute Gasteiger partial charge is 0.390 e. The maximum Gasteiger partial charge on any atom is 0.0688 e.